The highest BCUT2D eigenvalue weighted by atomic mass is 19.3. The van der Waals surface area contributed by atoms with Gasteiger partial charge in [0.05, 0.1) is 12.2 Å². The zero-order valence-corrected chi connectivity index (χ0v) is 9.70. The molecular weight excluding hydrogens is 230 g/mol. The number of rotatable bonds is 6. The van der Waals surface area contributed by atoms with Crippen molar-refractivity contribution in [1.82, 2.24) is 0 Å². The van der Waals surface area contributed by atoms with Crippen molar-refractivity contribution in [3.8, 4) is 11.5 Å². The molecule has 1 aromatic rings. The van der Waals surface area contributed by atoms with Crippen molar-refractivity contribution in [1.29, 1.82) is 0 Å². The Bertz CT molecular complexity index is 391. The number of Topliss-reactive ketones (excluding diaryl/α,β-unsaturated/α-hetero) is 1. The van der Waals surface area contributed by atoms with Crippen LogP contribution in [0.5, 0.6) is 11.5 Å². The quantitative estimate of drug-likeness (QED) is 0.720. The van der Waals surface area contributed by atoms with Gasteiger partial charge in [-0.3, -0.25) is 4.79 Å². The molecule has 0 aliphatic carbocycles. The summed E-state index contributed by atoms with van der Waals surface area (Å²) in [6.45, 7) is 0.700. The minimum atomic E-state index is -2.99. The number of para-hydroxylation sites is 1. The molecule has 0 unspecified atom stereocenters. The van der Waals surface area contributed by atoms with Crippen molar-refractivity contribution in [2.75, 3.05) is 6.61 Å². The average molecular weight is 244 g/mol. The Kier molecular flexibility index (Phi) is 4.87. The zero-order valence-electron chi connectivity index (χ0n) is 9.70. The molecule has 0 N–H and O–H groups in total. The topological polar surface area (TPSA) is 35.5 Å². The lowest BCUT2D eigenvalue weighted by atomic mass is 10.1. The number of hydrogen-bond donors (Lipinski definition) is 0. The van der Waals surface area contributed by atoms with Crippen LogP contribution in [0.15, 0.2) is 18.2 Å². The SMILES string of the molecule is CCOc1cccc(C(=O)CC)c1OC(F)F. The largest absolute Gasteiger partial charge is 0.490 e. The van der Waals surface area contributed by atoms with Crippen molar-refractivity contribution in [2.45, 2.75) is 26.9 Å². The summed E-state index contributed by atoms with van der Waals surface area (Å²) in [5.41, 5.74) is 0.124. The van der Waals surface area contributed by atoms with E-state index in [1.807, 2.05) is 0 Å². The van der Waals surface area contributed by atoms with Gasteiger partial charge in [0.25, 0.3) is 0 Å². The lowest BCUT2D eigenvalue weighted by Gasteiger charge is -2.14. The van der Waals surface area contributed by atoms with Crippen LogP contribution in [0.25, 0.3) is 0 Å². The molecule has 0 saturated carbocycles. The van der Waals surface area contributed by atoms with Gasteiger partial charge in [0, 0.05) is 6.42 Å². The predicted octanol–water partition coefficient (Wildman–Crippen LogP) is 3.28. The third-order valence-corrected chi connectivity index (χ3v) is 2.11. The zero-order chi connectivity index (χ0) is 12.8. The molecular formula is C12H14F2O3. The molecule has 0 spiro atoms. The maximum absolute atomic E-state index is 12.3. The van der Waals surface area contributed by atoms with Crippen molar-refractivity contribution < 1.29 is 23.0 Å². The molecule has 3 nitrogen and oxygen atoms in total. The van der Waals surface area contributed by atoms with Gasteiger partial charge < -0.3 is 9.47 Å². The van der Waals surface area contributed by atoms with Crippen LogP contribution in [-0.2, 0) is 0 Å². The van der Waals surface area contributed by atoms with Crippen LogP contribution < -0.4 is 9.47 Å². The molecule has 0 heterocycles. The molecule has 0 saturated heterocycles. The Morgan fingerprint density at radius 1 is 1.35 bits per heavy atom. The molecule has 0 aromatic heterocycles. The number of alkyl halides is 2. The molecule has 0 atom stereocenters. The average Bonchev–Trinajstić information content (AvgIpc) is 2.30. The molecule has 5 heteroatoms. The minimum Gasteiger partial charge on any atom is -0.490 e. The molecule has 17 heavy (non-hydrogen) atoms. The molecule has 0 bridgehead atoms. The summed E-state index contributed by atoms with van der Waals surface area (Å²) in [7, 11) is 0. The molecule has 94 valence electrons. The van der Waals surface area contributed by atoms with Crippen LogP contribution in [0.3, 0.4) is 0 Å². The number of ketones is 1. The minimum absolute atomic E-state index is 0.124. The molecule has 0 aliphatic rings. The van der Waals surface area contributed by atoms with Gasteiger partial charge in [-0.2, -0.15) is 8.78 Å². The molecule has 1 aromatic carbocycles. The van der Waals surface area contributed by atoms with E-state index in [1.165, 1.54) is 12.1 Å². The maximum Gasteiger partial charge on any atom is 0.387 e. The number of ether oxygens (including phenoxy) is 2. The van der Waals surface area contributed by atoms with Gasteiger partial charge in [0.2, 0.25) is 0 Å². The fourth-order valence-electron chi connectivity index (χ4n) is 1.41. The Morgan fingerprint density at radius 2 is 2.06 bits per heavy atom. The van der Waals surface area contributed by atoms with Gasteiger partial charge in [-0.1, -0.05) is 13.0 Å². The summed E-state index contributed by atoms with van der Waals surface area (Å²) in [6, 6.07) is 4.52. The first kappa shape index (κ1) is 13.4. The smallest absolute Gasteiger partial charge is 0.387 e. The van der Waals surface area contributed by atoms with E-state index >= 15 is 0 Å². The third kappa shape index (κ3) is 3.41. The second kappa shape index (κ2) is 6.18. The maximum atomic E-state index is 12.3. The van der Waals surface area contributed by atoms with E-state index in [-0.39, 0.29) is 29.3 Å². The van der Waals surface area contributed by atoms with E-state index < -0.39 is 6.61 Å². The third-order valence-electron chi connectivity index (χ3n) is 2.11. The number of benzene rings is 1. The standard InChI is InChI=1S/C12H14F2O3/c1-3-9(15)8-6-5-7-10(16-4-2)11(8)17-12(13)14/h5-7,12H,3-4H2,1-2H3. The van der Waals surface area contributed by atoms with Crippen molar-refractivity contribution in [3.05, 3.63) is 23.8 Å². The summed E-state index contributed by atoms with van der Waals surface area (Å²) < 4.78 is 34.1. The van der Waals surface area contributed by atoms with E-state index in [0.29, 0.717) is 6.61 Å². The Balaban J connectivity index is 3.18. The van der Waals surface area contributed by atoms with Gasteiger partial charge in [-0.05, 0) is 19.1 Å². The lowest BCUT2D eigenvalue weighted by Crippen LogP contribution is -2.09. The Morgan fingerprint density at radius 3 is 2.59 bits per heavy atom. The van der Waals surface area contributed by atoms with E-state index in [4.69, 9.17) is 4.74 Å². The first-order chi connectivity index (χ1) is 8.10. The first-order valence-electron chi connectivity index (χ1n) is 5.33. The normalized spacial score (nSPS) is 10.4. The van der Waals surface area contributed by atoms with Crippen LogP contribution in [-0.4, -0.2) is 19.0 Å². The fourth-order valence-corrected chi connectivity index (χ4v) is 1.41. The van der Waals surface area contributed by atoms with Crippen molar-refractivity contribution in [2.24, 2.45) is 0 Å². The Labute approximate surface area is 98.3 Å². The number of hydrogen-bond acceptors (Lipinski definition) is 3. The van der Waals surface area contributed by atoms with E-state index in [2.05, 4.69) is 4.74 Å². The van der Waals surface area contributed by atoms with Crippen LogP contribution in [0.4, 0.5) is 8.78 Å². The van der Waals surface area contributed by atoms with Gasteiger partial charge >= 0.3 is 6.61 Å². The number of halogens is 2. The highest BCUT2D eigenvalue weighted by molar-refractivity contribution is 5.99. The lowest BCUT2D eigenvalue weighted by molar-refractivity contribution is -0.0517. The van der Waals surface area contributed by atoms with Crippen LogP contribution >= 0.6 is 0 Å². The van der Waals surface area contributed by atoms with Crippen LogP contribution in [0.1, 0.15) is 30.6 Å². The van der Waals surface area contributed by atoms with Gasteiger partial charge in [0.15, 0.2) is 17.3 Å². The second-order valence-corrected chi connectivity index (χ2v) is 3.22. The summed E-state index contributed by atoms with van der Waals surface area (Å²) in [5, 5.41) is 0. The molecule has 0 radical (unpaired) electrons. The number of carbonyl (C=O) groups excluding carboxylic acids is 1. The summed E-state index contributed by atoms with van der Waals surface area (Å²) in [4.78, 5) is 11.6. The molecule has 0 aliphatic heterocycles. The monoisotopic (exact) mass is 244 g/mol. The summed E-state index contributed by atoms with van der Waals surface area (Å²) >= 11 is 0. The van der Waals surface area contributed by atoms with Crippen LogP contribution in [0.2, 0.25) is 0 Å². The predicted molar refractivity (Wildman–Crippen MR) is 58.9 cm³/mol. The summed E-state index contributed by atoms with van der Waals surface area (Å²) in [5.74, 6) is -0.287. The van der Waals surface area contributed by atoms with Gasteiger partial charge in [0.1, 0.15) is 0 Å². The molecule has 0 fully saturated rings. The first-order valence-corrected chi connectivity index (χ1v) is 5.33. The highest BCUT2D eigenvalue weighted by Crippen LogP contribution is 2.33. The van der Waals surface area contributed by atoms with Gasteiger partial charge in [-0.15, -0.1) is 0 Å². The van der Waals surface area contributed by atoms with E-state index in [1.54, 1.807) is 19.9 Å². The Hall–Kier alpha value is -1.65. The number of carbonyl (C=O) groups is 1. The van der Waals surface area contributed by atoms with E-state index in [9.17, 15) is 13.6 Å². The fraction of sp³-hybridized carbons (Fsp3) is 0.417. The van der Waals surface area contributed by atoms with Crippen molar-refractivity contribution >= 4 is 5.78 Å². The van der Waals surface area contributed by atoms with Gasteiger partial charge in [-0.25, -0.2) is 0 Å². The van der Waals surface area contributed by atoms with E-state index in [0.717, 1.165) is 0 Å². The summed E-state index contributed by atoms with van der Waals surface area (Å²) in [6.07, 6.45) is 0.217. The molecule has 1 rings (SSSR count). The van der Waals surface area contributed by atoms with Crippen LogP contribution in [0, 0.1) is 0 Å². The van der Waals surface area contributed by atoms with Crippen molar-refractivity contribution in [3.63, 3.8) is 0 Å². The molecule has 0 amide bonds. The second-order valence-electron chi connectivity index (χ2n) is 3.22. The highest BCUT2D eigenvalue weighted by Gasteiger charge is 2.19.